The van der Waals surface area contributed by atoms with Crippen LogP contribution in [0.2, 0.25) is 0 Å². The molecule has 2 aromatic rings. The molecule has 0 bridgehead atoms. The van der Waals surface area contributed by atoms with E-state index in [9.17, 15) is 9.59 Å². The molecule has 4 nitrogen and oxygen atoms in total. The number of benzene rings is 2. The lowest BCUT2D eigenvalue weighted by molar-refractivity contribution is -0.153. The van der Waals surface area contributed by atoms with Crippen molar-refractivity contribution in [3.8, 4) is 5.75 Å². The Bertz CT molecular complexity index is 718. The van der Waals surface area contributed by atoms with Gasteiger partial charge < -0.3 is 9.47 Å². The Kier molecular flexibility index (Phi) is 6.96. The number of ketones is 1. The summed E-state index contributed by atoms with van der Waals surface area (Å²) < 4.78 is 10.5. The molecule has 4 heteroatoms. The summed E-state index contributed by atoms with van der Waals surface area (Å²) in [5, 5.41) is 0. The van der Waals surface area contributed by atoms with Crippen LogP contribution < -0.4 is 4.74 Å². The van der Waals surface area contributed by atoms with Crippen LogP contribution in [0.25, 0.3) is 0 Å². The van der Waals surface area contributed by atoms with Gasteiger partial charge in [0.1, 0.15) is 5.75 Å². The lowest BCUT2D eigenvalue weighted by Crippen LogP contribution is -2.29. The molecule has 0 spiro atoms. The number of carbonyl (C=O) groups is 2. The second-order valence-electron chi connectivity index (χ2n) is 6.94. The number of aryl methyl sites for hydroxylation is 1. The normalized spacial score (nSPS) is 11.0. The highest BCUT2D eigenvalue weighted by Gasteiger charge is 2.32. The van der Waals surface area contributed by atoms with Gasteiger partial charge in [0.05, 0.1) is 19.1 Å². The molecule has 0 radical (unpaired) electrons. The maximum absolute atomic E-state index is 12.4. The van der Waals surface area contributed by atoms with Gasteiger partial charge in [-0.1, -0.05) is 30.3 Å². The molecule has 0 saturated heterocycles. The molecule has 0 aliphatic heterocycles. The zero-order valence-electron chi connectivity index (χ0n) is 15.7. The van der Waals surface area contributed by atoms with Crippen molar-refractivity contribution in [3.05, 3.63) is 65.7 Å². The first-order valence-electron chi connectivity index (χ1n) is 8.81. The molecule has 0 aliphatic rings. The monoisotopic (exact) mass is 354 g/mol. The number of rotatable bonds is 9. The van der Waals surface area contributed by atoms with Gasteiger partial charge in [-0.15, -0.1) is 0 Å². The predicted octanol–water partition coefficient (Wildman–Crippen LogP) is 4.47. The number of Topliss-reactive ketones (excluding diaryl/α,β-unsaturated/α-hetero) is 1. The summed E-state index contributed by atoms with van der Waals surface area (Å²) in [6, 6.07) is 17.0. The van der Waals surface area contributed by atoms with E-state index in [1.807, 2.05) is 18.2 Å². The van der Waals surface area contributed by atoms with Crippen molar-refractivity contribution >= 4 is 11.8 Å². The van der Waals surface area contributed by atoms with Crippen molar-refractivity contribution in [3.63, 3.8) is 0 Å². The molecular formula is C22H26O4. The molecule has 0 saturated carbocycles. The Balaban J connectivity index is 1.81. The highest BCUT2D eigenvalue weighted by molar-refractivity contribution is 5.99. The van der Waals surface area contributed by atoms with Crippen LogP contribution in [0, 0.1) is 5.41 Å². The minimum absolute atomic E-state index is 0.0844. The van der Waals surface area contributed by atoms with Crippen LogP contribution in [0.15, 0.2) is 54.6 Å². The minimum Gasteiger partial charge on any atom is -0.497 e. The van der Waals surface area contributed by atoms with E-state index in [-0.39, 0.29) is 18.2 Å². The average molecular weight is 354 g/mol. The van der Waals surface area contributed by atoms with E-state index >= 15 is 0 Å². The quantitative estimate of drug-likeness (QED) is 0.379. The van der Waals surface area contributed by atoms with Gasteiger partial charge in [-0.25, -0.2) is 0 Å². The fourth-order valence-electron chi connectivity index (χ4n) is 2.63. The van der Waals surface area contributed by atoms with Gasteiger partial charge in [0.15, 0.2) is 5.78 Å². The van der Waals surface area contributed by atoms with Crippen molar-refractivity contribution in [1.82, 2.24) is 0 Å². The first kappa shape index (κ1) is 19.7. The standard InChI is InChI=1S/C22H26O4/c1-22(2,16-20(23)18-11-13-19(25-3)14-12-18)21(24)26-15-7-10-17-8-5-4-6-9-17/h4-6,8-9,11-14H,7,10,15-16H2,1-3H3. The van der Waals surface area contributed by atoms with Gasteiger partial charge >= 0.3 is 5.97 Å². The molecule has 0 aromatic heterocycles. The van der Waals surface area contributed by atoms with E-state index in [1.165, 1.54) is 5.56 Å². The number of ether oxygens (including phenoxy) is 2. The van der Waals surface area contributed by atoms with E-state index < -0.39 is 5.41 Å². The molecular weight excluding hydrogens is 328 g/mol. The topological polar surface area (TPSA) is 52.6 Å². The van der Waals surface area contributed by atoms with Crippen LogP contribution in [-0.4, -0.2) is 25.5 Å². The molecule has 0 aliphatic carbocycles. The Morgan fingerprint density at radius 1 is 0.962 bits per heavy atom. The number of hydrogen-bond donors (Lipinski definition) is 0. The fraction of sp³-hybridized carbons (Fsp3) is 0.364. The van der Waals surface area contributed by atoms with Gasteiger partial charge in [-0.3, -0.25) is 9.59 Å². The maximum atomic E-state index is 12.4. The van der Waals surface area contributed by atoms with Crippen molar-refractivity contribution in [2.75, 3.05) is 13.7 Å². The van der Waals surface area contributed by atoms with Gasteiger partial charge in [0.2, 0.25) is 0 Å². The highest BCUT2D eigenvalue weighted by atomic mass is 16.5. The Labute approximate surface area is 155 Å². The van der Waals surface area contributed by atoms with E-state index in [0.29, 0.717) is 17.9 Å². The summed E-state index contributed by atoms with van der Waals surface area (Å²) in [6.45, 7) is 3.84. The lowest BCUT2D eigenvalue weighted by Gasteiger charge is -2.21. The van der Waals surface area contributed by atoms with E-state index in [4.69, 9.17) is 9.47 Å². The number of methoxy groups -OCH3 is 1. The molecule has 26 heavy (non-hydrogen) atoms. The smallest absolute Gasteiger partial charge is 0.311 e. The van der Waals surface area contributed by atoms with Crippen LogP contribution >= 0.6 is 0 Å². The van der Waals surface area contributed by atoms with E-state index in [0.717, 1.165) is 12.8 Å². The summed E-state index contributed by atoms with van der Waals surface area (Å²) in [7, 11) is 1.58. The van der Waals surface area contributed by atoms with E-state index in [1.54, 1.807) is 45.2 Å². The molecule has 2 aromatic carbocycles. The molecule has 0 amide bonds. The largest absolute Gasteiger partial charge is 0.497 e. The van der Waals surface area contributed by atoms with Crippen molar-refractivity contribution in [2.24, 2.45) is 5.41 Å². The average Bonchev–Trinajstić information content (AvgIpc) is 2.65. The SMILES string of the molecule is COc1ccc(C(=O)CC(C)(C)C(=O)OCCCc2ccccc2)cc1. The third-order valence-electron chi connectivity index (χ3n) is 4.25. The zero-order valence-corrected chi connectivity index (χ0v) is 15.7. The summed E-state index contributed by atoms with van der Waals surface area (Å²) >= 11 is 0. The molecule has 138 valence electrons. The van der Waals surface area contributed by atoms with Crippen LogP contribution in [0.4, 0.5) is 0 Å². The molecule has 0 heterocycles. The van der Waals surface area contributed by atoms with Gasteiger partial charge in [0.25, 0.3) is 0 Å². The molecule has 0 N–H and O–H groups in total. The van der Waals surface area contributed by atoms with Crippen molar-refractivity contribution in [1.29, 1.82) is 0 Å². The summed E-state index contributed by atoms with van der Waals surface area (Å²) in [5.41, 5.74) is 0.928. The van der Waals surface area contributed by atoms with Crippen LogP contribution in [0.1, 0.15) is 42.6 Å². The van der Waals surface area contributed by atoms with Crippen LogP contribution in [-0.2, 0) is 16.0 Å². The molecule has 0 atom stereocenters. The second-order valence-corrected chi connectivity index (χ2v) is 6.94. The zero-order chi connectivity index (χ0) is 19.0. The van der Waals surface area contributed by atoms with Crippen molar-refractivity contribution in [2.45, 2.75) is 33.1 Å². The maximum Gasteiger partial charge on any atom is 0.311 e. The van der Waals surface area contributed by atoms with E-state index in [2.05, 4.69) is 12.1 Å². The lowest BCUT2D eigenvalue weighted by atomic mass is 9.85. The van der Waals surface area contributed by atoms with Gasteiger partial charge in [-0.2, -0.15) is 0 Å². The first-order chi connectivity index (χ1) is 12.4. The van der Waals surface area contributed by atoms with Gasteiger partial charge in [0, 0.05) is 12.0 Å². The predicted molar refractivity (Wildman–Crippen MR) is 101 cm³/mol. The Morgan fingerprint density at radius 2 is 1.62 bits per heavy atom. The highest BCUT2D eigenvalue weighted by Crippen LogP contribution is 2.25. The fourth-order valence-corrected chi connectivity index (χ4v) is 2.63. The number of esters is 1. The number of carbonyl (C=O) groups excluding carboxylic acids is 2. The molecule has 0 unspecified atom stereocenters. The Hall–Kier alpha value is -2.62. The minimum atomic E-state index is -0.857. The summed E-state index contributed by atoms with van der Waals surface area (Å²) in [6.07, 6.45) is 1.73. The van der Waals surface area contributed by atoms with Crippen molar-refractivity contribution < 1.29 is 19.1 Å². The molecule has 0 fully saturated rings. The van der Waals surface area contributed by atoms with Crippen LogP contribution in [0.3, 0.4) is 0 Å². The third kappa shape index (κ3) is 5.73. The first-order valence-corrected chi connectivity index (χ1v) is 8.81. The summed E-state index contributed by atoms with van der Waals surface area (Å²) in [5.74, 6) is 0.268. The van der Waals surface area contributed by atoms with Crippen LogP contribution in [0.5, 0.6) is 5.75 Å². The number of hydrogen-bond acceptors (Lipinski definition) is 4. The Morgan fingerprint density at radius 3 is 2.23 bits per heavy atom. The third-order valence-corrected chi connectivity index (χ3v) is 4.25. The second kappa shape index (κ2) is 9.18. The molecule has 2 rings (SSSR count). The van der Waals surface area contributed by atoms with Gasteiger partial charge in [-0.05, 0) is 56.5 Å². The summed E-state index contributed by atoms with van der Waals surface area (Å²) in [4.78, 5) is 24.8.